The minimum absolute atomic E-state index is 0.0576. The zero-order valence-corrected chi connectivity index (χ0v) is 17.7. The number of nitrogens with two attached hydrogens (primary N) is 1. The summed E-state index contributed by atoms with van der Waals surface area (Å²) in [6.07, 6.45) is 3.37. The van der Waals surface area contributed by atoms with Gasteiger partial charge in [-0.25, -0.2) is 4.79 Å². The number of hydrogen-bond donors (Lipinski definition) is 3. The Labute approximate surface area is 186 Å². The maximum Gasteiger partial charge on any atom is 0.407 e. The summed E-state index contributed by atoms with van der Waals surface area (Å²) < 4.78 is 5.53. The third kappa shape index (κ3) is 4.92. The van der Waals surface area contributed by atoms with Gasteiger partial charge in [0, 0.05) is 18.2 Å². The molecule has 0 bridgehead atoms. The number of fused-ring (bicyclic) bond motifs is 3. The van der Waals surface area contributed by atoms with Gasteiger partial charge in [0.25, 0.3) is 0 Å². The fourth-order valence-corrected chi connectivity index (χ4v) is 3.92. The Hall–Kier alpha value is -3.64. The van der Waals surface area contributed by atoms with Crippen LogP contribution in [-0.2, 0) is 4.74 Å². The average Bonchev–Trinajstić information content (AvgIpc) is 3.10. The van der Waals surface area contributed by atoms with E-state index in [1.165, 1.54) is 22.3 Å². The van der Waals surface area contributed by atoms with Crippen LogP contribution in [0.15, 0.2) is 78.9 Å². The van der Waals surface area contributed by atoms with Crippen LogP contribution >= 0.6 is 12.2 Å². The molecule has 4 N–H and O–H groups in total. The van der Waals surface area contributed by atoms with Crippen LogP contribution in [-0.4, -0.2) is 24.4 Å². The van der Waals surface area contributed by atoms with Gasteiger partial charge in [0.15, 0.2) is 5.11 Å². The smallest absolute Gasteiger partial charge is 0.407 e. The van der Waals surface area contributed by atoms with E-state index in [2.05, 4.69) is 34.9 Å². The van der Waals surface area contributed by atoms with Crippen LogP contribution in [0.3, 0.4) is 0 Å². The Morgan fingerprint density at radius 3 is 2.19 bits per heavy atom. The fourth-order valence-electron chi connectivity index (χ4n) is 3.81. The molecule has 0 saturated heterocycles. The molecule has 0 radical (unpaired) electrons. The van der Waals surface area contributed by atoms with Crippen LogP contribution in [0.1, 0.15) is 22.6 Å². The number of thiocarbonyl (C=S) groups is 1. The summed E-state index contributed by atoms with van der Waals surface area (Å²) >= 11 is 4.82. The van der Waals surface area contributed by atoms with E-state index in [0.717, 1.165) is 11.3 Å². The van der Waals surface area contributed by atoms with Crippen molar-refractivity contribution in [3.8, 4) is 11.1 Å². The fraction of sp³-hybridized carbons (Fsp3) is 0.120. The van der Waals surface area contributed by atoms with Crippen molar-refractivity contribution in [1.82, 2.24) is 5.32 Å². The van der Waals surface area contributed by atoms with E-state index < -0.39 is 6.09 Å². The normalized spacial score (nSPS) is 12.3. The number of rotatable bonds is 6. The van der Waals surface area contributed by atoms with Crippen LogP contribution in [0.4, 0.5) is 10.5 Å². The maximum absolute atomic E-state index is 12.2. The minimum Gasteiger partial charge on any atom is -0.449 e. The molecule has 1 aliphatic rings. The lowest BCUT2D eigenvalue weighted by atomic mass is 9.98. The van der Waals surface area contributed by atoms with Crippen molar-refractivity contribution < 1.29 is 9.53 Å². The van der Waals surface area contributed by atoms with E-state index in [9.17, 15) is 4.79 Å². The van der Waals surface area contributed by atoms with E-state index in [0.29, 0.717) is 13.2 Å². The van der Waals surface area contributed by atoms with Gasteiger partial charge in [0.2, 0.25) is 0 Å². The second-order valence-electron chi connectivity index (χ2n) is 7.22. The number of carbonyl (C=O) groups excluding carboxylic acids is 1. The predicted molar refractivity (Wildman–Crippen MR) is 129 cm³/mol. The second kappa shape index (κ2) is 9.45. The van der Waals surface area contributed by atoms with E-state index >= 15 is 0 Å². The molecule has 3 aromatic carbocycles. The summed E-state index contributed by atoms with van der Waals surface area (Å²) in [4.78, 5) is 12.2. The molecule has 156 valence electrons. The molecule has 0 aliphatic heterocycles. The molecule has 0 aromatic heterocycles. The van der Waals surface area contributed by atoms with Crippen molar-refractivity contribution in [2.45, 2.75) is 5.92 Å². The van der Waals surface area contributed by atoms with E-state index in [1.807, 2.05) is 60.7 Å². The number of benzene rings is 3. The standard InChI is InChI=1S/C25H23N3O2S/c26-24(31)28-18-13-11-17(12-14-18)6-5-15-27-25(29)30-16-23-21-9-3-1-7-19(21)20-8-2-4-10-22(20)23/h1-14,23H,15-16H2,(H,27,29)(H3,26,28,31). The average molecular weight is 430 g/mol. The van der Waals surface area contributed by atoms with Crippen molar-refractivity contribution in [2.24, 2.45) is 5.73 Å². The van der Waals surface area contributed by atoms with Crippen molar-refractivity contribution in [3.63, 3.8) is 0 Å². The Balaban J connectivity index is 1.28. The quantitative estimate of drug-likeness (QED) is 0.486. The number of alkyl carbamates (subject to hydrolysis) is 1. The first-order valence-electron chi connectivity index (χ1n) is 10.0. The molecule has 0 unspecified atom stereocenters. The number of amides is 1. The van der Waals surface area contributed by atoms with Crippen LogP contribution in [0.5, 0.6) is 0 Å². The molecule has 0 saturated carbocycles. The summed E-state index contributed by atoms with van der Waals surface area (Å²) in [5.41, 5.74) is 12.1. The zero-order chi connectivity index (χ0) is 21.6. The summed E-state index contributed by atoms with van der Waals surface area (Å²) in [5.74, 6) is 0.0576. The predicted octanol–water partition coefficient (Wildman–Crippen LogP) is 4.89. The van der Waals surface area contributed by atoms with Crippen LogP contribution < -0.4 is 16.4 Å². The molecule has 3 aromatic rings. The first kappa shape index (κ1) is 20.6. The van der Waals surface area contributed by atoms with Crippen LogP contribution in [0.2, 0.25) is 0 Å². The van der Waals surface area contributed by atoms with Gasteiger partial charge < -0.3 is 21.1 Å². The molecule has 4 rings (SSSR count). The van der Waals surface area contributed by atoms with E-state index in [1.54, 1.807) is 0 Å². The van der Waals surface area contributed by atoms with Crippen LogP contribution in [0, 0.1) is 0 Å². The minimum atomic E-state index is -0.428. The van der Waals surface area contributed by atoms with Crippen molar-refractivity contribution in [3.05, 3.63) is 95.6 Å². The first-order valence-corrected chi connectivity index (χ1v) is 10.4. The lowest BCUT2D eigenvalue weighted by molar-refractivity contribution is 0.144. The highest BCUT2D eigenvalue weighted by molar-refractivity contribution is 7.80. The van der Waals surface area contributed by atoms with Crippen LogP contribution in [0.25, 0.3) is 17.2 Å². The van der Waals surface area contributed by atoms with Gasteiger partial charge in [-0.2, -0.15) is 0 Å². The largest absolute Gasteiger partial charge is 0.449 e. The third-order valence-corrected chi connectivity index (χ3v) is 5.30. The van der Waals surface area contributed by atoms with Crippen molar-refractivity contribution in [2.75, 3.05) is 18.5 Å². The molecule has 0 fully saturated rings. The SMILES string of the molecule is NC(=S)Nc1ccc(C=CCNC(=O)OCC2c3ccccc3-c3ccccc32)cc1. The monoisotopic (exact) mass is 429 g/mol. The Kier molecular flexibility index (Phi) is 6.29. The lowest BCUT2D eigenvalue weighted by Crippen LogP contribution is -2.26. The molecule has 6 heteroatoms. The number of anilines is 1. The molecule has 1 amide bonds. The topological polar surface area (TPSA) is 76.4 Å². The number of hydrogen-bond acceptors (Lipinski definition) is 3. The Morgan fingerprint density at radius 2 is 1.58 bits per heavy atom. The first-order chi connectivity index (χ1) is 15.1. The summed E-state index contributed by atoms with van der Waals surface area (Å²) in [7, 11) is 0. The maximum atomic E-state index is 12.2. The number of nitrogens with one attached hydrogen (secondary N) is 2. The second-order valence-corrected chi connectivity index (χ2v) is 7.66. The molecule has 0 atom stereocenters. The van der Waals surface area contributed by atoms with Gasteiger partial charge in [-0.05, 0) is 52.2 Å². The molecule has 31 heavy (non-hydrogen) atoms. The van der Waals surface area contributed by atoms with E-state index in [4.69, 9.17) is 22.7 Å². The number of ether oxygens (including phenoxy) is 1. The van der Waals surface area contributed by atoms with Gasteiger partial charge in [0.05, 0.1) is 0 Å². The summed E-state index contributed by atoms with van der Waals surface area (Å²) in [5, 5.41) is 5.88. The molecular formula is C25H23N3O2S. The highest BCUT2D eigenvalue weighted by Crippen LogP contribution is 2.44. The molecule has 1 aliphatic carbocycles. The molecule has 5 nitrogen and oxygen atoms in total. The Morgan fingerprint density at radius 1 is 0.968 bits per heavy atom. The van der Waals surface area contributed by atoms with E-state index in [-0.39, 0.29) is 11.0 Å². The van der Waals surface area contributed by atoms with Gasteiger partial charge in [-0.3, -0.25) is 0 Å². The van der Waals surface area contributed by atoms with Crippen molar-refractivity contribution in [1.29, 1.82) is 0 Å². The Bertz CT molecular complexity index is 1080. The van der Waals surface area contributed by atoms with Gasteiger partial charge in [-0.1, -0.05) is 72.8 Å². The van der Waals surface area contributed by atoms with Gasteiger partial charge >= 0.3 is 6.09 Å². The molecule has 0 spiro atoms. The summed E-state index contributed by atoms with van der Waals surface area (Å²) in [6.45, 7) is 0.685. The van der Waals surface area contributed by atoms with Crippen molar-refractivity contribution >= 4 is 35.2 Å². The van der Waals surface area contributed by atoms with Gasteiger partial charge in [-0.15, -0.1) is 0 Å². The zero-order valence-electron chi connectivity index (χ0n) is 16.9. The molecule has 0 heterocycles. The highest BCUT2D eigenvalue weighted by atomic mass is 32.1. The van der Waals surface area contributed by atoms with Gasteiger partial charge in [0.1, 0.15) is 6.61 Å². The third-order valence-electron chi connectivity index (χ3n) is 5.20. The summed E-state index contributed by atoms with van der Waals surface area (Å²) in [6, 6.07) is 24.2. The number of carbonyl (C=O) groups is 1. The molecular weight excluding hydrogens is 406 g/mol. The highest BCUT2D eigenvalue weighted by Gasteiger charge is 2.28. The lowest BCUT2D eigenvalue weighted by Gasteiger charge is -2.14.